The van der Waals surface area contributed by atoms with E-state index in [0.717, 1.165) is 29.9 Å². The molecule has 0 bridgehead atoms. The van der Waals surface area contributed by atoms with Crippen molar-refractivity contribution in [3.8, 4) is 0 Å². The summed E-state index contributed by atoms with van der Waals surface area (Å²) < 4.78 is 5.60. The maximum absolute atomic E-state index is 12.5. The lowest BCUT2D eigenvalue weighted by atomic mass is 9.85. The summed E-state index contributed by atoms with van der Waals surface area (Å²) in [5.41, 5.74) is 2.59. The molecule has 2 aliphatic heterocycles. The summed E-state index contributed by atoms with van der Waals surface area (Å²) in [4.78, 5) is 29.8. The fourth-order valence-electron chi connectivity index (χ4n) is 4.09. The summed E-state index contributed by atoms with van der Waals surface area (Å²) in [6.45, 7) is 1.65. The third-order valence-electron chi connectivity index (χ3n) is 5.84. The predicted octanol–water partition coefficient (Wildman–Crippen LogP) is 3.04. The first kappa shape index (κ1) is 22.1. The second-order valence-corrected chi connectivity index (χ2v) is 8.28. The zero-order valence-electron chi connectivity index (χ0n) is 18.0. The number of rotatable bonds is 4. The van der Waals surface area contributed by atoms with Crippen LogP contribution < -0.4 is 21.3 Å². The molecule has 0 radical (unpaired) electrons. The van der Waals surface area contributed by atoms with Crippen molar-refractivity contribution >= 4 is 40.6 Å². The molecular formula is C23H26ClN5O3. The lowest BCUT2D eigenvalue weighted by molar-refractivity contribution is 0.0778. The van der Waals surface area contributed by atoms with E-state index in [1.165, 1.54) is 7.05 Å². The van der Waals surface area contributed by atoms with Crippen LogP contribution in [0.2, 0.25) is 5.02 Å². The summed E-state index contributed by atoms with van der Waals surface area (Å²) in [7, 11) is 3.08. The Kier molecular flexibility index (Phi) is 6.34. The number of nitrogens with zero attached hydrogens (tertiary/aromatic N) is 1. The number of nitrogens with one attached hydrogen (secondary N) is 4. The largest absolute Gasteiger partial charge is 0.381 e. The number of ether oxygens (including phenoxy) is 1. The monoisotopic (exact) mass is 455 g/mol. The molecule has 0 atom stereocenters. The standard InChI is InChI=1S/C23H26ClN5O3/c1-25-20(30)16-11-18-19(12-17(16)21(31)26-2)29-23(6-8-32-9-7-23)22(28-18)27-13-14-4-3-5-15(24)10-14/h3-5,10-12,29H,6-9,13H2,1-2H3,(H,25,30)(H,26,31)(H,27,28). The highest BCUT2D eigenvalue weighted by Gasteiger charge is 2.42. The average molecular weight is 456 g/mol. The molecule has 32 heavy (non-hydrogen) atoms. The number of hydrogen-bond acceptors (Lipinski definition) is 5. The van der Waals surface area contributed by atoms with Crippen LogP contribution in [0.5, 0.6) is 0 Å². The molecule has 4 N–H and O–H groups in total. The molecule has 2 amide bonds. The van der Waals surface area contributed by atoms with E-state index in [4.69, 9.17) is 21.3 Å². The van der Waals surface area contributed by atoms with Crippen LogP contribution in [0.1, 0.15) is 39.1 Å². The molecule has 1 spiro atoms. The number of anilines is 2. The number of carbonyl (C=O) groups excluding carboxylic acids is 2. The first-order valence-electron chi connectivity index (χ1n) is 10.5. The lowest BCUT2D eigenvalue weighted by Crippen LogP contribution is -2.55. The molecule has 0 saturated carbocycles. The summed E-state index contributed by atoms with van der Waals surface area (Å²) in [5, 5.41) is 12.9. The van der Waals surface area contributed by atoms with Gasteiger partial charge in [-0.3, -0.25) is 14.6 Å². The molecule has 2 heterocycles. The van der Waals surface area contributed by atoms with Crippen LogP contribution in [0.15, 0.2) is 41.4 Å². The Balaban J connectivity index is 1.76. The van der Waals surface area contributed by atoms with Crippen molar-refractivity contribution < 1.29 is 14.3 Å². The van der Waals surface area contributed by atoms with Gasteiger partial charge in [-0.1, -0.05) is 23.7 Å². The third kappa shape index (κ3) is 4.28. The van der Waals surface area contributed by atoms with Crippen molar-refractivity contribution in [2.24, 2.45) is 4.99 Å². The van der Waals surface area contributed by atoms with Crippen LogP contribution in [-0.4, -0.2) is 50.5 Å². The minimum atomic E-state index is -0.446. The van der Waals surface area contributed by atoms with E-state index >= 15 is 0 Å². The van der Waals surface area contributed by atoms with Gasteiger partial charge in [0.2, 0.25) is 0 Å². The van der Waals surface area contributed by atoms with E-state index in [2.05, 4.69) is 21.3 Å². The van der Waals surface area contributed by atoms with Crippen molar-refractivity contribution in [3.63, 3.8) is 0 Å². The number of halogens is 1. The molecule has 2 aromatic carbocycles. The highest BCUT2D eigenvalue weighted by molar-refractivity contribution is 6.30. The second-order valence-electron chi connectivity index (χ2n) is 7.84. The number of amidine groups is 1. The summed E-state index contributed by atoms with van der Waals surface area (Å²) in [6.07, 6.45) is 1.45. The van der Waals surface area contributed by atoms with Gasteiger partial charge in [0.1, 0.15) is 5.84 Å². The van der Waals surface area contributed by atoms with E-state index in [1.54, 1.807) is 19.2 Å². The van der Waals surface area contributed by atoms with Crippen molar-refractivity contribution in [1.29, 1.82) is 0 Å². The zero-order chi connectivity index (χ0) is 22.7. The fraction of sp³-hybridized carbons (Fsp3) is 0.348. The molecule has 8 nitrogen and oxygen atoms in total. The molecule has 9 heteroatoms. The molecule has 1 fully saturated rings. The summed E-state index contributed by atoms with van der Waals surface area (Å²) in [5.74, 6) is 0.121. The lowest BCUT2D eigenvalue weighted by Gasteiger charge is -2.44. The minimum absolute atomic E-state index is 0.289. The van der Waals surface area contributed by atoms with Gasteiger partial charge < -0.3 is 26.0 Å². The van der Waals surface area contributed by atoms with Crippen LogP contribution in [0, 0.1) is 0 Å². The summed E-state index contributed by atoms with van der Waals surface area (Å²) >= 11 is 6.13. The normalized spacial score (nSPS) is 17.8. The first-order chi connectivity index (χ1) is 15.5. The Morgan fingerprint density at radius 1 is 1.06 bits per heavy atom. The zero-order valence-corrected chi connectivity index (χ0v) is 18.8. The van der Waals surface area contributed by atoms with Gasteiger partial charge in [0.05, 0.1) is 34.6 Å². The van der Waals surface area contributed by atoms with E-state index in [1.807, 2.05) is 24.3 Å². The van der Waals surface area contributed by atoms with Gasteiger partial charge in [0, 0.05) is 45.2 Å². The van der Waals surface area contributed by atoms with Gasteiger partial charge in [-0.2, -0.15) is 0 Å². The Morgan fingerprint density at radius 2 is 1.72 bits per heavy atom. The molecule has 168 valence electrons. The molecule has 0 unspecified atom stereocenters. The fourth-order valence-corrected chi connectivity index (χ4v) is 4.31. The van der Waals surface area contributed by atoms with Gasteiger partial charge in [-0.05, 0) is 29.8 Å². The van der Waals surface area contributed by atoms with Crippen molar-refractivity contribution in [2.75, 3.05) is 37.9 Å². The van der Waals surface area contributed by atoms with E-state index in [-0.39, 0.29) is 17.4 Å². The molecular weight excluding hydrogens is 430 g/mol. The topological polar surface area (TPSA) is 104 Å². The van der Waals surface area contributed by atoms with Gasteiger partial charge in [-0.25, -0.2) is 0 Å². The molecule has 1 saturated heterocycles. The predicted molar refractivity (Wildman–Crippen MR) is 126 cm³/mol. The Morgan fingerprint density at radius 3 is 2.34 bits per heavy atom. The van der Waals surface area contributed by atoms with E-state index in [0.29, 0.717) is 36.0 Å². The van der Waals surface area contributed by atoms with Crippen molar-refractivity contribution in [1.82, 2.24) is 10.6 Å². The van der Waals surface area contributed by atoms with Crippen LogP contribution >= 0.6 is 11.6 Å². The quantitative estimate of drug-likeness (QED) is 0.567. The van der Waals surface area contributed by atoms with Crippen LogP contribution in [0.4, 0.5) is 11.4 Å². The molecule has 2 aromatic rings. The van der Waals surface area contributed by atoms with Crippen molar-refractivity contribution in [3.05, 3.63) is 58.1 Å². The second kappa shape index (κ2) is 9.18. The molecule has 4 rings (SSSR count). The Hall–Kier alpha value is -3.10. The van der Waals surface area contributed by atoms with Gasteiger partial charge in [-0.15, -0.1) is 0 Å². The molecule has 2 aliphatic rings. The number of fused-ring (bicyclic) bond motifs is 1. The first-order valence-corrected chi connectivity index (χ1v) is 10.9. The highest BCUT2D eigenvalue weighted by Crippen LogP contribution is 2.38. The summed E-state index contributed by atoms with van der Waals surface area (Å²) in [6, 6.07) is 11.0. The number of hydrogen-bond donors (Lipinski definition) is 4. The Bertz CT molecular complexity index is 1080. The Labute approximate surface area is 191 Å². The van der Waals surface area contributed by atoms with Gasteiger partial charge in [0.15, 0.2) is 0 Å². The van der Waals surface area contributed by atoms with Crippen LogP contribution in [-0.2, 0) is 11.3 Å². The number of benzene rings is 2. The van der Waals surface area contributed by atoms with Crippen LogP contribution in [0.3, 0.4) is 0 Å². The minimum Gasteiger partial charge on any atom is -0.381 e. The van der Waals surface area contributed by atoms with Crippen LogP contribution in [0.25, 0.3) is 0 Å². The maximum Gasteiger partial charge on any atom is 0.251 e. The highest BCUT2D eigenvalue weighted by atomic mass is 35.5. The number of carbonyl (C=O) groups is 2. The maximum atomic E-state index is 12.5. The number of aliphatic imine (C=N–C) groups is 1. The van der Waals surface area contributed by atoms with Gasteiger partial charge >= 0.3 is 0 Å². The smallest absolute Gasteiger partial charge is 0.251 e. The SMILES string of the molecule is CNC(=O)c1cc2c(cc1C(=O)NC)NC1(CCOCC1)C(=NCc1cccc(Cl)c1)N2. The molecule has 0 aliphatic carbocycles. The molecule has 0 aromatic heterocycles. The van der Waals surface area contributed by atoms with Gasteiger partial charge in [0.25, 0.3) is 11.8 Å². The van der Waals surface area contributed by atoms with Crippen molar-refractivity contribution in [2.45, 2.75) is 24.9 Å². The van der Waals surface area contributed by atoms with E-state index in [9.17, 15) is 9.59 Å². The third-order valence-corrected chi connectivity index (χ3v) is 6.07. The van der Waals surface area contributed by atoms with E-state index < -0.39 is 5.54 Å². The number of amides is 2. The average Bonchev–Trinajstić information content (AvgIpc) is 2.81.